The zero-order valence-corrected chi connectivity index (χ0v) is 11.8. The largest absolute Gasteiger partial charge is 0.284 e. The van der Waals surface area contributed by atoms with Crippen molar-refractivity contribution in [1.29, 1.82) is 0 Å². The fraction of sp³-hybridized carbons (Fsp3) is 0.824. The lowest BCUT2D eigenvalue weighted by atomic mass is 9.80. The zero-order valence-electron chi connectivity index (χ0n) is 11.8. The first-order valence-corrected chi connectivity index (χ1v) is 7.80. The maximum atomic E-state index is 12.2. The number of fused-ring (bicyclic) bond motifs is 2. The van der Waals surface area contributed by atoms with Crippen molar-refractivity contribution in [3.05, 3.63) is 0 Å². The molecule has 0 atom stereocenters. The highest BCUT2D eigenvalue weighted by Gasteiger charge is 2.49. The molecule has 0 aromatic rings. The molecule has 0 aromatic carbocycles. The highest BCUT2D eigenvalue weighted by Crippen LogP contribution is 2.54. The number of hydrogen-bond acceptors (Lipinski definition) is 1. The van der Waals surface area contributed by atoms with Crippen molar-refractivity contribution in [3.8, 4) is 11.8 Å². The summed E-state index contributed by atoms with van der Waals surface area (Å²) in [6.07, 6.45) is 13.2. The summed E-state index contributed by atoms with van der Waals surface area (Å²) in [6.45, 7) is 2.23. The Labute approximate surface area is 112 Å². The Morgan fingerprint density at radius 2 is 1.89 bits per heavy atom. The highest BCUT2D eigenvalue weighted by molar-refractivity contribution is 6.00. The maximum Gasteiger partial charge on any atom is 0.211 e. The molecule has 1 heteroatoms. The first-order chi connectivity index (χ1) is 8.77. The average molecular weight is 246 g/mol. The van der Waals surface area contributed by atoms with Gasteiger partial charge in [-0.3, -0.25) is 4.79 Å². The molecule has 1 nitrogen and oxygen atoms in total. The molecule has 0 saturated heterocycles. The van der Waals surface area contributed by atoms with E-state index in [1.165, 1.54) is 38.5 Å². The third-order valence-electron chi connectivity index (χ3n) is 4.83. The number of rotatable bonds is 6. The summed E-state index contributed by atoms with van der Waals surface area (Å²) in [7, 11) is 0. The Bertz CT molecular complexity index is 336. The van der Waals surface area contributed by atoms with Crippen LogP contribution in [0.4, 0.5) is 0 Å². The number of ketones is 1. The smallest absolute Gasteiger partial charge is 0.211 e. The van der Waals surface area contributed by atoms with E-state index in [4.69, 9.17) is 0 Å². The molecule has 0 N–H and O–H groups in total. The molecule has 2 fully saturated rings. The van der Waals surface area contributed by atoms with Crippen molar-refractivity contribution in [2.45, 2.75) is 77.6 Å². The van der Waals surface area contributed by atoms with Gasteiger partial charge in [0.05, 0.1) is 0 Å². The number of Topliss-reactive ketones (excluding diaryl/α,β-unsaturated/α-hetero) is 1. The molecule has 2 aliphatic carbocycles. The van der Waals surface area contributed by atoms with Gasteiger partial charge >= 0.3 is 0 Å². The second-order valence-corrected chi connectivity index (χ2v) is 6.22. The van der Waals surface area contributed by atoms with Gasteiger partial charge < -0.3 is 0 Å². The molecule has 2 aliphatic rings. The van der Waals surface area contributed by atoms with Gasteiger partial charge in [-0.1, -0.05) is 38.5 Å². The Morgan fingerprint density at radius 1 is 1.17 bits per heavy atom. The average Bonchev–Trinajstić information content (AvgIpc) is 2.99. The quantitative estimate of drug-likeness (QED) is 0.383. The van der Waals surface area contributed by atoms with Gasteiger partial charge in [0.15, 0.2) is 0 Å². The summed E-state index contributed by atoms with van der Waals surface area (Å²) in [5.41, 5.74) is -0.000122. The first-order valence-electron chi connectivity index (χ1n) is 7.80. The molecule has 2 saturated carbocycles. The van der Waals surface area contributed by atoms with Gasteiger partial charge in [-0.25, -0.2) is 0 Å². The van der Waals surface area contributed by atoms with E-state index in [9.17, 15) is 4.79 Å². The fourth-order valence-electron chi connectivity index (χ4n) is 3.60. The van der Waals surface area contributed by atoms with E-state index in [0.717, 1.165) is 38.0 Å². The van der Waals surface area contributed by atoms with Gasteiger partial charge in [-0.2, -0.15) is 0 Å². The van der Waals surface area contributed by atoms with Crippen molar-refractivity contribution in [2.75, 3.05) is 0 Å². The van der Waals surface area contributed by atoms with Gasteiger partial charge in [-0.15, -0.1) is 0 Å². The van der Waals surface area contributed by atoms with Crippen LogP contribution in [-0.4, -0.2) is 5.78 Å². The molecule has 0 aliphatic heterocycles. The van der Waals surface area contributed by atoms with Crippen molar-refractivity contribution >= 4 is 5.78 Å². The van der Waals surface area contributed by atoms with Crippen LogP contribution in [0.1, 0.15) is 77.6 Å². The van der Waals surface area contributed by atoms with Crippen molar-refractivity contribution < 1.29 is 4.79 Å². The van der Waals surface area contributed by atoms with Crippen molar-refractivity contribution in [2.24, 2.45) is 11.3 Å². The molecule has 0 unspecified atom stereocenters. The summed E-state index contributed by atoms with van der Waals surface area (Å²) >= 11 is 0. The summed E-state index contributed by atoms with van der Waals surface area (Å²) in [5.74, 6) is 7.16. The molecule has 0 heterocycles. The molecule has 0 spiro atoms. The van der Waals surface area contributed by atoms with E-state index in [1.807, 2.05) is 0 Å². The normalized spacial score (nSPS) is 29.1. The van der Waals surface area contributed by atoms with Crippen LogP contribution in [0.3, 0.4) is 0 Å². The molecule has 100 valence electrons. The zero-order chi connectivity index (χ0) is 12.8. The lowest BCUT2D eigenvalue weighted by molar-refractivity contribution is -0.122. The summed E-state index contributed by atoms with van der Waals surface area (Å²) in [4.78, 5) is 12.2. The van der Waals surface area contributed by atoms with Crippen LogP contribution in [0.15, 0.2) is 0 Å². The van der Waals surface area contributed by atoms with Crippen LogP contribution in [0, 0.1) is 23.2 Å². The number of carbonyl (C=O) groups is 1. The van der Waals surface area contributed by atoms with Gasteiger partial charge in [0.1, 0.15) is 0 Å². The predicted octanol–water partition coefficient (Wildman–Crippen LogP) is 4.50. The fourth-order valence-corrected chi connectivity index (χ4v) is 3.60. The second kappa shape index (κ2) is 6.41. The van der Waals surface area contributed by atoms with E-state index >= 15 is 0 Å². The van der Waals surface area contributed by atoms with Crippen LogP contribution in [0.5, 0.6) is 0 Å². The van der Waals surface area contributed by atoms with Crippen LogP contribution in [0.2, 0.25) is 0 Å². The van der Waals surface area contributed by atoms with E-state index in [2.05, 4.69) is 18.8 Å². The van der Waals surface area contributed by atoms with Crippen LogP contribution < -0.4 is 0 Å². The monoisotopic (exact) mass is 246 g/mol. The Hall–Kier alpha value is -0.770. The third kappa shape index (κ3) is 3.16. The van der Waals surface area contributed by atoms with E-state index in [0.29, 0.717) is 0 Å². The molecule has 2 bridgehead atoms. The minimum absolute atomic E-state index is 0.000122. The van der Waals surface area contributed by atoms with Crippen molar-refractivity contribution in [3.63, 3.8) is 0 Å². The molecular weight excluding hydrogens is 220 g/mol. The third-order valence-corrected chi connectivity index (χ3v) is 4.83. The molecule has 0 aromatic heterocycles. The molecule has 0 radical (unpaired) electrons. The molecule has 0 amide bonds. The maximum absolute atomic E-state index is 12.2. The van der Waals surface area contributed by atoms with Gasteiger partial charge in [0.2, 0.25) is 5.78 Å². The Kier molecular flexibility index (Phi) is 4.87. The standard InChI is InChI=1S/C17H26O/c1-2-3-4-5-6-7-8-9-16(18)17-12-10-15(14-17)11-13-17/h15H,2-7,10-14H2,1H3. The molecule has 18 heavy (non-hydrogen) atoms. The minimum atomic E-state index is -0.000122. The number of carbonyl (C=O) groups excluding carboxylic acids is 1. The van der Waals surface area contributed by atoms with Crippen LogP contribution in [-0.2, 0) is 4.79 Å². The summed E-state index contributed by atoms with van der Waals surface area (Å²) in [6, 6.07) is 0. The summed E-state index contributed by atoms with van der Waals surface area (Å²) < 4.78 is 0. The minimum Gasteiger partial charge on any atom is -0.284 e. The van der Waals surface area contributed by atoms with Gasteiger partial charge in [0, 0.05) is 11.8 Å². The lowest BCUT2D eigenvalue weighted by Gasteiger charge is -2.21. The second-order valence-electron chi connectivity index (χ2n) is 6.22. The number of unbranched alkanes of at least 4 members (excludes halogenated alkanes) is 5. The summed E-state index contributed by atoms with van der Waals surface area (Å²) in [5, 5.41) is 0. The van der Waals surface area contributed by atoms with Crippen LogP contribution >= 0.6 is 0 Å². The van der Waals surface area contributed by atoms with Crippen LogP contribution in [0.25, 0.3) is 0 Å². The van der Waals surface area contributed by atoms with Crippen molar-refractivity contribution in [1.82, 2.24) is 0 Å². The highest BCUT2D eigenvalue weighted by atomic mass is 16.1. The predicted molar refractivity (Wildman–Crippen MR) is 75.2 cm³/mol. The number of hydrogen-bond donors (Lipinski definition) is 0. The van der Waals surface area contributed by atoms with E-state index < -0.39 is 0 Å². The Balaban J connectivity index is 1.68. The Morgan fingerprint density at radius 3 is 2.50 bits per heavy atom. The van der Waals surface area contributed by atoms with E-state index in [-0.39, 0.29) is 11.2 Å². The van der Waals surface area contributed by atoms with E-state index in [1.54, 1.807) is 0 Å². The molecule has 2 rings (SSSR count). The SMILES string of the molecule is CCCCCCCC#CC(=O)C12CCC(CC1)C2. The first kappa shape index (κ1) is 13.7. The van der Waals surface area contributed by atoms with Gasteiger partial charge in [0.25, 0.3) is 0 Å². The topological polar surface area (TPSA) is 17.1 Å². The van der Waals surface area contributed by atoms with Gasteiger partial charge in [-0.05, 0) is 50.4 Å². The molecular formula is C17H26O. The lowest BCUT2D eigenvalue weighted by Crippen LogP contribution is -2.24.